The standard InChI is InChI=1S/C19H13F3N4OS/c20-19(21,22)13-4-1-11(2-5-13)12-3-6-15-14(9-12)26-18(28-15)10-17(25)27-16(24)7-8-23/h1-6,9,24-25H,7,10H2. The second-order valence-corrected chi connectivity index (χ2v) is 6.94. The van der Waals surface area contributed by atoms with Crippen molar-refractivity contribution in [1.29, 1.82) is 16.1 Å². The number of benzene rings is 2. The number of alkyl halides is 3. The number of nitrogens with zero attached hydrogens (tertiary/aromatic N) is 2. The predicted octanol–water partition coefficient (Wildman–Crippen LogP) is 5.41. The molecule has 0 aliphatic carbocycles. The molecule has 5 nitrogen and oxygen atoms in total. The van der Waals surface area contributed by atoms with Crippen LogP contribution in [-0.2, 0) is 17.3 Å². The lowest BCUT2D eigenvalue weighted by molar-refractivity contribution is -0.137. The number of hydrogen-bond donors (Lipinski definition) is 2. The molecule has 142 valence electrons. The Hall–Kier alpha value is -3.25. The molecular formula is C19H13F3N4OS. The normalized spacial score (nSPS) is 11.2. The number of rotatable bonds is 4. The van der Waals surface area contributed by atoms with Crippen molar-refractivity contribution in [3.63, 3.8) is 0 Å². The first kappa shape index (κ1) is 19.5. The Kier molecular flexibility index (Phi) is 5.42. The summed E-state index contributed by atoms with van der Waals surface area (Å²) in [6.45, 7) is 0. The smallest absolute Gasteiger partial charge is 0.416 e. The van der Waals surface area contributed by atoms with Crippen LogP contribution in [0.4, 0.5) is 13.2 Å². The molecule has 0 aliphatic rings. The molecule has 28 heavy (non-hydrogen) atoms. The second-order valence-electron chi connectivity index (χ2n) is 5.83. The topological polar surface area (TPSA) is 93.6 Å². The first-order valence-corrected chi connectivity index (χ1v) is 8.84. The minimum absolute atomic E-state index is 0.0861. The summed E-state index contributed by atoms with van der Waals surface area (Å²) in [6, 6.07) is 12.1. The fraction of sp³-hybridized carbons (Fsp3) is 0.158. The van der Waals surface area contributed by atoms with E-state index in [0.717, 1.165) is 22.4 Å². The number of aromatic nitrogens is 1. The van der Waals surface area contributed by atoms with Gasteiger partial charge in [0.25, 0.3) is 0 Å². The second kappa shape index (κ2) is 7.78. The van der Waals surface area contributed by atoms with Gasteiger partial charge < -0.3 is 4.74 Å². The fourth-order valence-corrected chi connectivity index (χ4v) is 3.46. The van der Waals surface area contributed by atoms with Crippen molar-refractivity contribution in [2.75, 3.05) is 0 Å². The van der Waals surface area contributed by atoms with Crippen molar-refractivity contribution < 1.29 is 17.9 Å². The number of nitrogens with one attached hydrogen (secondary N) is 2. The molecule has 2 N–H and O–H groups in total. The van der Waals surface area contributed by atoms with Crippen LogP contribution in [0.25, 0.3) is 21.3 Å². The van der Waals surface area contributed by atoms with Gasteiger partial charge in [-0.15, -0.1) is 11.3 Å². The molecule has 0 saturated heterocycles. The van der Waals surface area contributed by atoms with Gasteiger partial charge in [-0.05, 0) is 35.4 Å². The third-order valence-corrected chi connectivity index (χ3v) is 4.81. The third-order valence-electron chi connectivity index (χ3n) is 3.78. The molecule has 1 aromatic heterocycles. The molecule has 0 amide bonds. The van der Waals surface area contributed by atoms with Crippen LogP contribution in [0.5, 0.6) is 0 Å². The Morgan fingerprint density at radius 3 is 2.39 bits per heavy atom. The molecule has 0 atom stereocenters. The van der Waals surface area contributed by atoms with Crippen LogP contribution < -0.4 is 0 Å². The van der Waals surface area contributed by atoms with Gasteiger partial charge in [0.2, 0.25) is 5.90 Å². The first-order chi connectivity index (χ1) is 13.3. The van der Waals surface area contributed by atoms with Crippen molar-refractivity contribution in [3.8, 4) is 17.2 Å². The summed E-state index contributed by atoms with van der Waals surface area (Å²) >= 11 is 1.36. The molecule has 0 spiro atoms. The van der Waals surface area contributed by atoms with Crippen molar-refractivity contribution in [1.82, 2.24) is 4.98 Å². The van der Waals surface area contributed by atoms with Crippen molar-refractivity contribution in [2.24, 2.45) is 0 Å². The number of ether oxygens (including phenoxy) is 1. The van der Waals surface area contributed by atoms with Gasteiger partial charge in [0.1, 0.15) is 11.4 Å². The van der Waals surface area contributed by atoms with Crippen LogP contribution in [0.15, 0.2) is 42.5 Å². The minimum Gasteiger partial charge on any atom is -0.428 e. The van der Waals surface area contributed by atoms with Crippen LogP contribution in [0.2, 0.25) is 0 Å². The van der Waals surface area contributed by atoms with Crippen molar-refractivity contribution in [3.05, 3.63) is 53.0 Å². The van der Waals surface area contributed by atoms with E-state index in [4.69, 9.17) is 20.8 Å². The van der Waals surface area contributed by atoms with Crippen LogP contribution in [0.3, 0.4) is 0 Å². The average molecular weight is 402 g/mol. The molecule has 9 heteroatoms. The number of fused-ring (bicyclic) bond motifs is 1. The maximum atomic E-state index is 12.7. The summed E-state index contributed by atoms with van der Waals surface area (Å²) in [6.07, 6.45) is -4.50. The first-order valence-electron chi connectivity index (χ1n) is 8.03. The summed E-state index contributed by atoms with van der Waals surface area (Å²) in [4.78, 5) is 4.43. The van der Waals surface area contributed by atoms with Crippen molar-refractivity contribution >= 4 is 33.3 Å². The van der Waals surface area contributed by atoms with Gasteiger partial charge in [-0.1, -0.05) is 18.2 Å². The Balaban J connectivity index is 1.78. The molecule has 0 radical (unpaired) electrons. The zero-order valence-corrected chi connectivity index (χ0v) is 15.1. The molecular weight excluding hydrogens is 389 g/mol. The van der Waals surface area contributed by atoms with E-state index >= 15 is 0 Å². The maximum absolute atomic E-state index is 12.7. The fourth-order valence-electron chi connectivity index (χ4n) is 2.51. The summed E-state index contributed by atoms with van der Waals surface area (Å²) in [5, 5.41) is 24.3. The lowest BCUT2D eigenvalue weighted by atomic mass is 10.0. The van der Waals surface area contributed by atoms with Crippen LogP contribution >= 0.6 is 11.3 Å². The molecule has 1 heterocycles. The average Bonchev–Trinajstić information content (AvgIpc) is 3.02. The molecule has 3 aromatic rings. The minimum atomic E-state index is -4.37. The molecule has 0 aliphatic heterocycles. The van der Waals surface area contributed by atoms with Crippen LogP contribution in [-0.4, -0.2) is 16.8 Å². The molecule has 0 saturated carbocycles. The molecule has 0 fully saturated rings. The summed E-state index contributed by atoms with van der Waals surface area (Å²) in [7, 11) is 0. The van der Waals surface area contributed by atoms with Gasteiger partial charge in [-0.25, -0.2) is 4.98 Å². The zero-order valence-electron chi connectivity index (χ0n) is 14.3. The van der Waals surface area contributed by atoms with E-state index in [1.54, 1.807) is 18.2 Å². The van der Waals surface area contributed by atoms with E-state index in [2.05, 4.69) is 4.98 Å². The Bertz CT molecular complexity index is 1080. The number of thiazole rings is 1. The highest BCUT2D eigenvalue weighted by atomic mass is 32.1. The predicted molar refractivity (Wildman–Crippen MR) is 101 cm³/mol. The zero-order chi connectivity index (χ0) is 20.3. The molecule has 0 bridgehead atoms. The number of halogens is 3. The van der Waals surface area contributed by atoms with E-state index in [1.807, 2.05) is 6.07 Å². The summed E-state index contributed by atoms with van der Waals surface area (Å²) in [5.41, 5.74) is 1.34. The van der Waals surface area contributed by atoms with E-state index in [0.29, 0.717) is 16.1 Å². The van der Waals surface area contributed by atoms with Crippen LogP contribution in [0.1, 0.15) is 17.0 Å². The Morgan fingerprint density at radius 2 is 1.75 bits per heavy atom. The highest BCUT2D eigenvalue weighted by molar-refractivity contribution is 7.18. The SMILES string of the molecule is N#CCC(=N)OC(=N)Cc1nc2cc(-c3ccc(C(F)(F)F)cc3)ccc2s1. The molecule has 0 unspecified atom stereocenters. The van der Waals surface area contributed by atoms with Gasteiger partial charge in [0, 0.05) is 0 Å². The van der Waals surface area contributed by atoms with E-state index in [9.17, 15) is 13.2 Å². The van der Waals surface area contributed by atoms with E-state index < -0.39 is 11.7 Å². The number of hydrogen-bond acceptors (Lipinski definition) is 6. The van der Waals surface area contributed by atoms with Gasteiger partial charge in [0.15, 0.2) is 5.90 Å². The summed E-state index contributed by atoms with van der Waals surface area (Å²) in [5.74, 6) is -0.472. The molecule has 3 rings (SSSR count). The van der Waals surface area contributed by atoms with Gasteiger partial charge in [-0.2, -0.15) is 18.4 Å². The van der Waals surface area contributed by atoms with Gasteiger partial charge in [0.05, 0.1) is 28.3 Å². The van der Waals surface area contributed by atoms with E-state index in [-0.39, 0.29) is 24.6 Å². The lowest BCUT2D eigenvalue weighted by Crippen LogP contribution is -2.12. The highest BCUT2D eigenvalue weighted by Gasteiger charge is 2.29. The van der Waals surface area contributed by atoms with Gasteiger partial charge in [-0.3, -0.25) is 10.8 Å². The Morgan fingerprint density at radius 1 is 1.07 bits per heavy atom. The van der Waals surface area contributed by atoms with Crippen molar-refractivity contribution in [2.45, 2.75) is 19.0 Å². The third kappa shape index (κ3) is 4.53. The van der Waals surface area contributed by atoms with E-state index in [1.165, 1.54) is 23.5 Å². The maximum Gasteiger partial charge on any atom is 0.416 e. The Labute approximate surface area is 162 Å². The van der Waals surface area contributed by atoms with Gasteiger partial charge >= 0.3 is 6.18 Å². The quantitative estimate of drug-likeness (QED) is 0.451. The lowest BCUT2D eigenvalue weighted by Gasteiger charge is -2.07. The van der Waals surface area contributed by atoms with Crippen LogP contribution in [0, 0.1) is 22.1 Å². The highest BCUT2D eigenvalue weighted by Crippen LogP contribution is 2.32. The number of nitriles is 1. The largest absolute Gasteiger partial charge is 0.428 e. The molecule has 2 aromatic carbocycles. The monoisotopic (exact) mass is 402 g/mol. The summed E-state index contributed by atoms with van der Waals surface area (Å²) < 4.78 is 43.9.